The fourth-order valence-electron chi connectivity index (χ4n) is 8.01. The molecule has 0 aliphatic heterocycles. The van der Waals surface area contributed by atoms with E-state index in [9.17, 15) is 20.4 Å². The van der Waals surface area contributed by atoms with Gasteiger partial charge in [-0.15, -0.1) is 0 Å². The second-order valence-electron chi connectivity index (χ2n) is 16.4. The number of hydrogen-bond donors (Lipinski definition) is 4. The lowest BCUT2D eigenvalue weighted by Gasteiger charge is -2.26. The Bertz CT molecular complexity index is 2610. The van der Waals surface area contributed by atoms with Crippen molar-refractivity contribution in [2.45, 2.75) is 39.5 Å². The highest BCUT2D eigenvalue weighted by Gasteiger charge is 2.26. The first-order valence-corrected chi connectivity index (χ1v) is 24.1. The third kappa shape index (κ3) is 14.4. The molecule has 8 heteroatoms. The van der Waals surface area contributed by atoms with E-state index in [2.05, 4.69) is 111 Å². The van der Waals surface area contributed by atoms with E-state index >= 15 is 0 Å². The van der Waals surface area contributed by atoms with Gasteiger partial charge in [-0.25, -0.2) is 0 Å². The highest BCUT2D eigenvalue weighted by Crippen LogP contribution is 2.45. The number of benzene rings is 8. The van der Waals surface area contributed by atoms with Crippen molar-refractivity contribution in [2.24, 2.45) is 0 Å². The minimum Gasteiger partial charge on any atom is -0.491 e. The normalized spacial score (nSPS) is 10.7. The Hall–Kier alpha value is -7.20. The molecule has 8 aromatic carbocycles. The molecule has 0 spiro atoms. The molecular weight excluding hydrogens is 873 g/mol. The van der Waals surface area contributed by atoms with Crippen LogP contribution in [-0.2, 0) is 0 Å². The minimum atomic E-state index is -0.401. The van der Waals surface area contributed by atoms with Crippen molar-refractivity contribution < 1.29 is 39.4 Å². The zero-order chi connectivity index (χ0) is 49.5. The standard InChI is InChI=1S/C45H44O8.C15H16.C2H6/c46-22-26-50-39-16-10-34(11-17-39)37-14-20-43(52-28-24-48)41(30-37)45(36-8-6-33(7-9-36)32-4-2-1-3-5-32)42-31-38(15-21-44(42)53-29-25-49)35-12-18-40(19-13-35)51-27-23-47;1-12(2)13-8-10-15(11-9-13)14-6-4-3-5-7-14;1-2/h1-21,30-31,45-49H,22-29H2;3-12H,1-2H3;1-2H3. The lowest BCUT2D eigenvalue weighted by atomic mass is 9.81. The van der Waals surface area contributed by atoms with Gasteiger partial charge < -0.3 is 39.4 Å². The van der Waals surface area contributed by atoms with Gasteiger partial charge in [0, 0.05) is 17.0 Å². The smallest absolute Gasteiger partial charge is 0.123 e. The van der Waals surface area contributed by atoms with Crippen molar-refractivity contribution in [1.82, 2.24) is 0 Å². The second kappa shape index (κ2) is 27.7. The molecule has 70 heavy (non-hydrogen) atoms. The Labute approximate surface area is 414 Å². The average molecular weight is 939 g/mol. The number of rotatable bonds is 20. The number of aliphatic hydroxyl groups is 4. The lowest BCUT2D eigenvalue weighted by molar-refractivity contribution is 0.198. The van der Waals surface area contributed by atoms with Gasteiger partial charge in [-0.05, 0) is 110 Å². The largest absolute Gasteiger partial charge is 0.491 e. The SMILES string of the molecule is CC.CC(C)c1ccc(-c2ccccc2)cc1.OCCOc1ccc(-c2ccc(OCCO)c(C(c3ccc(-c4ccccc4)cc3)c3cc(-c4ccc(OCCO)cc4)ccc3OCCO)c2)cc1. The van der Waals surface area contributed by atoms with Crippen molar-refractivity contribution >= 4 is 0 Å². The van der Waals surface area contributed by atoms with E-state index < -0.39 is 5.92 Å². The molecule has 0 radical (unpaired) electrons. The zero-order valence-electron chi connectivity index (χ0n) is 40.7. The van der Waals surface area contributed by atoms with Crippen LogP contribution >= 0.6 is 0 Å². The first kappa shape index (κ1) is 52.2. The summed E-state index contributed by atoms with van der Waals surface area (Å²) in [4.78, 5) is 0. The number of aliphatic hydroxyl groups excluding tert-OH is 4. The van der Waals surface area contributed by atoms with E-state index in [1.165, 1.54) is 16.7 Å². The predicted molar refractivity (Wildman–Crippen MR) is 284 cm³/mol. The Balaban J connectivity index is 0.000000398. The van der Waals surface area contributed by atoms with Crippen LogP contribution in [0.3, 0.4) is 0 Å². The summed E-state index contributed by atoms with van der Waals surface area (Å²) >= 11 is 0. The zero-order valence-corrected chi connectivity index (χ0v) is 40.7. The summed E-state index contributed by atoms with van der Waals surface area (Å²) in [6.07, 6.45) is 0. The maximum absolute atomic E-state index is 9.80. The summed E-state index contributed by atoms with van der Waals surface area (Å²) < 4.78 is 23.7. The molecule has 0 saturated heterocycles. The van der Waals surface area contributed by atoms with Crippen LogP contribution in [0, 0.1) is 0 Å². The maximum atomic E-state index is 9.80. The van der Waals surface area contributed by atoms with Crippen LogP contribution in [0.1, 0.15) is 61.8 Å². The van der Waals surface area contributed by atoms with Gasteiger partial charge in [0.05, 0.1) is 26.4 Å². The fourth-order valence-corrected chi connectivity index (χ4v) is 8.01. The molecular formula is C62H66O8. The highest BCUT2D eigenvalue weighted by molar-refractivity contribution is 5.72. The highest BCUT2D eigenvalue weighted by atomic mass is 16.5. The second-order valence-corrected chi connectivity index (χ2v) is 16.4. The van der Waals surface area contributed by atoms with E-state index in [0.29, 0.717) is 28.9 Å². The molecule has 0 aromatic heterocycles. The molecule has 0 fully saturated rings. The molecule has 0 amide bonds. The summed E-state index contributed by atoms with van der Waals surface area (Å²) in [5.74, 6) is 2.77. The molecule has 8 aromatic rings. The van der Waals surface area contributed by atoms with E-state index in [1.54, 1.807) is 0 Å². The third-order valence-electron chi connectivity index (χ3n) is 11.5. The Morgan fingerprint density at radius 1 is 0.329 bits per heavy atom. The quantitative estimate of drug-likeness (QED) is 0.0558. The van der Waals surface area contributed by atoms with Crippen LogP contribution in [0.5, 0.6) is 23.0 Å². The van der Waals surface area contributed by atoms with E-state index in [0.717, 1.165) is 50.1 Å². The topological polar surface area (TPSA) is 118 Å². The van der Waals surface area contributed by atoms with Crippen LogP contribution in [0.2, 0.25) is 0 Å². The van der Waals surface area contributed by atoms with Crippen LogP contribution in [0.25, 0.3) is 44.5 Å². The molecule has 0 aliphatic rings. The molecule has 4 N–H and O–H groups in total. The van der Waals surface area contributed by atoms with Gasteiger partial charge in [-0.2, -0.15) is 0 Å². The van der Waals surface area contributed by atoms with Crippen LogP contribution in [-0.4, -0.2) is 73.3 Å². The van der Waals surface area contributed by atoms with Crippen molar-refractivity contribution in [1.29, 1.82) is 0 Å². The molecule has 8 rings (SSSR count). The molecule has 0 unspecified atom stereocenters. The van der Waals surface area contributed by atoms with Crippen LogP contribution < -0.4 is 18.9 Å². The molecule has 0 aliphatic carbocycles. The lowest BCUT2D eigenvalue weighted by Crippen LogP contribution is -2.12. The molecule has 0 atom stereocenters. The van der Waals surface area contributed by atoms with Crippen molar-refractivity contribution in [3.05, 3.63) is 216 Å². The Kier molecular flexibility index (Phi) is 20.7. The van der Waals surface area contributed by atoms with Crippen molar-refractivity contribution in [2.75, 3.05) is 52.9 Å². The Morgan fingerprint density at radius 3 is 0.986 bits per heavy atom. The van der Waals surface area contributed by atoms with Gasteiger partial charge in [0.15, 0.2) is 0 Å². The minimum absolute atomic E-state index is 0.0658. The predicted octanol–water partition coefficient (Wildman–Crippen LogP) is 12.9. The third-order valence-corrected chi connectivity index (χ3v) is 11.5. The first-order chi connectivity index (χ1) is 34.4. The van der Waals surface area contributed by atoms with Crippen LogP contribution in [0.4, 0.5) is 0 Å². The molecule has 0 bridgehead atoms. The fraction of sp³-hybridized carbons (Fsp3) is 0.226. The molecule has 8 nitrogen and oxygen atoms in total. The van der Waals surface area contributed by atoms with E-state index in [4.69, 9.17) is 18.9 Å². The maximum Gasteiger partial charge on any atom is 0.123 e. The summed E-state index contributed by atoms with van der Waals surface area (Å²) in [5.41, 5.74) is 12.7. The Morgan fingerprint density at radius 2 is 0.629 bits per heavy atom. The van der Waals surface area contributed by atoms with Gasteiger partial charge in [0.1, 0.15) is 49.4 Å². The van der Waals surface area contributed by atoms with E-state index in [1.807, 2.05) is 111 Å². The number of ether oxygens (including phenoxy) is 4. The summed E-state index contributed by atoms with van der Waals surface area (Å²) in [7, 11) is 0. The van der Waals surface area contributed by atoms with Gasteiger partial charge in [-0.3, -0.25) is 0 Å². The van der Waals surface area contributed by atoms with Crippen molar-refractivity contribution in [3.8, 4) is 67.5 Å². The number of hydrogen-bond acceptors (Lipinski definition) is 8. The molecule has 362 valence electrons. The first-order valence-electron chi connectivity index (χ1n) is 24.1. The van der Waals surface area contributed by atoms with Crippen molar-refractivity contribution in [3.63, 3.8) is 0 Å². The van der Waals surface area contributed by atoms with Gasteiger partial charge >= 0.3 is 0 Å². The van der Waals surface area contributed by atoms with Gasteiger partial charge in [0.2, 0.25) is 0 Å². The average Bonchev–Trinajstić information content (AvgIpc) is 3.43. The summed E-state index contributed by atoms with van der Waals surface area (Å²) in [6, 6.07) is 65.5. The molecule has 0 saturated carbocycles. The van der Waals surface area contributed by atoms with Crippen LogP contribution in [0.15, 0.2) is 194 Å². The van der Waals surface area contributed by atoms with E-state index in [-0.39, 0.29) is 52.9 Å². The summed E-state index contributed by atoms with van der Waals surface area (Å²) in [5, 5.41) is 38.0. The molecule has 0 heterocycles. The monoisotopic (exact) mass is 938 g/mol. The van der Waals surface area contributed by atoms with Gasteiger partial charge in [-0.1, -0.05) is 173 Å². The van der Waals surface area contributed by atoms with Gasteiger partial charge in [0.25, 0.3) is 0 Å². The summed E-state index contributed by atoms with van der Waals surface area (Å²) in [6.45, 7) is 8.67.